The third kappa shape index (κ3) is 3.50. The van der Waals surface area contributed by atoms with Crippen LogP contribution in [0.4, 0.5) is 4.39 Å². The average molecular weight is 305 g/mol. The quantitative estimate of drug-likeness (QED) is 0.867. The van der Waals surface area contributed by atoms with Crippen LogP contribution in [0.25, 0.3) is 0 Å². The number of nitrogens with two attached hydrogens (primary N) is 1. The summed E-state index contributed by atoms with van der Waals surface area (Å²) in [5, 5.41) is 0. The molecule has 1 aromatic rings. The Morgan fingerprint density at radius 3 is 2.75 bits per heavy atom. The molecule has 0 fully saturated rings. The second-order valence-corrected chi connectivity index (χ2v) is 5.07. The molecule has 2 N–H and O–H groups in total. The lowest BCUT2D eigenvalue weighted by molar-refractivity contribution is 0.304. The monoisotopic (exact) mass is 304 g/mol. The van der Waals surface area contributed by atoms with Crippen molar-refractivity contribution in [3.05, 3.63) is 34.1 Å². The van der Waals surface area contributed by atoms with Gasteiger partial charge in [-0.05, 0) is 47.6 Å². The van der Waals surface area contributed by atoms with Gasteiger partial charge in [-0.15, -0.1) is 0 Å². The molecule has 0 saturated carbocycles. The zero-order valence-electron chi connectivity index (χ0n) is 9.21. The maximum atomic E-state index is 13.0. The van der Waals surface area contributed by atoms with Gasteiger partial charge < -0.3 is 5.73 Å². The van der Waals surface area contributed by atoms with E-state index >= 15 is 0 Å². The van der Waals surface area contributed by atoms with Crippen molar-refractivity contribution in [3.8, 4) is 0 Å². The van der Waals surface area contributed by atoms with Crippen LogP contribution in [0.15, 0.2) is 22.7 Å². The zero-order valence-corrected chi connectivity index (χ0v) is 11.6. The third-order valence-electron chi connectivity index (χ3n) is 2.49. The molecular weight excluding hydrogens is 291 g/mol. The van der Waals surface area contributed by atoms with Crippen molar-refractivity contribution in [1.29, 1.82) is 0 Å². The molecule has 1 unspecified atom stereocenters. The fraction of sp³-hybridized carbons (Fsp3) is 0.364. The van der Waals surface area contributed by atoms with Gasteiger partial charge in [0.25, 0.3) is 0 Å². The first kappa shape index (κ1) is 13.5. The van der Waals surface area contributed by atoms with Crippen LogP contribution >= 0.6 is 28.1 Å². The Labute approximate surface area is 109 Å². The molecule has 0 aliphatic heterocycles. The summed E-state index contributed by atoms with van der Waals surface area (Å²) in [6, 6.07) is 4.98. The minimum Gasteiger partial charge on any atom is -0.392 e. The van der Waals surface area contributed by atoms with Gasteiger partial charge in [-0.25, -0.2) is 4.39 Å². The molecule has 0 bridgehead atoms. The highest BCUT2D eigenvalue weighted by Gasteiger charge is 2.12. The van der Waals surface area contributed by atoms with Crippen LogP contribution in [-0.2, 0) is 6.54 Å². The Morgan fingerprint density at radius 2 is 2.25 bits per heavy atom. The van der Waals surface area contributed by atoms with Crippen LogP contribution in [0, 0.1) is 5.82 Å². The highest BCUT2D eigenvalue weighted by molar-refractivity contribution is 9.10. The summed E-state index contributed by atoms with van der Waals surface area (Å²) < 4.78 is 13.5. The molecule has 0 aliphatic carbocycles. The van der Waals surface area contributed by atoms with Crippen LogP contribution in [-0.4, -0.2) is 23.0 Å². The molecule has 0 saturated heterocycles. The van der Waals surface area contributed by atoms with Crippen LogP contribution in [0.2, 0.25) is 0 Å². The predicted molar refractivity (Wildman–Crippen MR) is 71.8 cm³/mol. The lowest BCUT2D eigenvalue weighted by Gasteiger charge is -2.23. The molecule has 1 atom stereocenters. The van der Waals surface area contributed by atoms with E-state index in [9.17, 15) is 4.39 Å². The Kier molecular flexibility index (Phi) is 4.83. The number of nitrogens with zero attached hydrogens (tertiary/aromatic N) is 1. The van der Waals surface area contributed by atoms with E-state index in [0.717, 1.165) is 5.56 Å². The molecule has 2 nitrogen and oxygen atoms in total. The van der Waals surface area contributed by atoms with Gasteiger partial charge in [0.2, 0.25) is 0 Å². The topological polar surface area (TPSA) is 29.3 Å². The molecule has 0 heterocycles. The van der Waals surface area contributed by atoms with Crippen molar-refractivity contribution >= 4 is 33.1 Å². The molecule has 0 amide bonds. The number of hydrogen-bond acceptors (Lipinski definition) is 2. The van der Waals surface area contributed by atoms with Crippen LogP contribution in [0.1, 0.15) is 12.5 Å². The molecule has 0 spiro atoms. The molecule has 16 heavy (non-hydrogen) atoms. The minimum absolute atomic E-state index is 0.0267. The normalized spacial score (nSPS) is 12.8. The van der Waals surface area contributed by atoms with E-state index in [0.29, 0.717) is 16.0 Å². The smallest absolute Gasteiger partial charge is 0.137 e. The largest absolute Gasteiger partial charge is 0.392 e. The van der Waals surface area contributed by atoms with Crippen molar-refractivity contribution in [2.75, 3.05) is 7.05 Å². The number of likely N-dealkylation sites (N-methyl/N-ethyl adjacent to an activating group) is 1. The first-order valence-corrected chi connectivity index (χ1v) is 6.05. The van der Waals surface area contributed by atoms with E-state index in [1.165, 1.54) is 6.07 Å². The third-order valence-corrected chi connectivity index (χ3v) is 3.44. The number of halogens is 2. The van der Waals surface area contributed by atoms with Crippen molar-refractivity contribution in [1.82, 2.24) is 4.90 Å². The average Bonchev–Trinajstić information content (AvgIpc) is 2.22. The molecule has 88 valence electrons. The zero-order chi connectivity index (χ0) is 12.3. The minimum atomic E-state index is -0.256. The molecule has 0 radical (unpaired) electrons. The van der Waals surface area contributed by atoms with E-state index in [2.05, 4.69) is 15.9 Å². The first-order chi connectivity index (χ1) is 7.41. The molecule has 1 rings (SSSR count). The number of rotatable bonds is 4. The van der Waals surface area contributed by atoms with Crippen LogP contribution in [0.5, 0.6) is 0 Å². The van der Waals surface area contributed by atoms with E-state index in [-0.39, 0.29) is 11.9 Å². The fourth-order valence-corrected chi connectivity index (χ4v) is 1.89. The summed E-state index contributed by atoms with van der Waals surface area (Å²) in [7, 11) is 1.93. The molecule has 1 aromatic carbocycles. The molecule has 0 aliphatic rings. The van der Waals surface area contributed by atoms with Gasteiger partial charge in [0.15, 0.2) is 0 Å². The van der Waals surface area contributed by atoms with Crippen LogP contribution < -0.4 is 5.73 Å². The van der Waals surface area contributed by atoms with E-state index in [1.807, 2.05) is 18.9 Å². The van der Waals surface area contributed by atoms with Gasteiger partial charge in [-0.1, -0.05) is 18.3 Å². The summed E-state index contributed by atoms with van der Waals surface area (Å²) in [4.78, 5) is 2.48. The summed E-state index contributed by atoms with van der Waals surface area (Å²) in [6.45, 7) is 2.62. The van der Waals surface area contributed by atoms with Crippen molar-refractivity contribution in [2.45, 2.75) is 19.5 Å². The summed E-state index contributed by atoms with van der Waals surface area (Å²) in [5.41, 5.74) is 6.58. The number of benzene rings is 1. The van der Waals surface area contributed by atoms with Crippen molar-refractivity contribution < 1.29 is 4.39 Å². The van der Waals surface area contributed by atoms with Gasteiger partial charge in [-0.2, -0.15) is 0 Å². The Bertz CT molecular complexity index is 398. The van der Waals surface area contributed by atoms with E-state index in [4.69, 9.17) is 18.0 Å². The lowest BCUT2D eigenvalue weighted by atomic mass is 10.2. The van der Waals surface area contributed by atoms with Gasteiger partial charge in [-0.3, -0.25) is 4.90 Å². The SMILES string of the molecule is CC(C(N)=S)N(C)Cc1ccc(F)c(Br)c1. The Morgan fingerprint density at radius 1 is 1.62 bits per heavy atom. The molecule has 5 heteroatoms. The van der Waals surface area contributed by atoms with Crippen LogP contribution in [0.3, 0.4) is 0 Å². The summed E-state index contributed by atoms with van der Waals surface area (Å²) in [6.07, 6.45) is 0. The van der Waals surface area contributed by atoms with E-state index in [1.54, 1.807) is 12.1 Å². The van der Waals surface area contributed by atoms with Gasteiger partial charge >= 0.3 is 0 Å². The molecule has 0 aromatic heterocycles. The highest BCUT2D eigenvalue weighted by Crippen LogP contribution is 2.18. The van der Waals surface area contributed by atoms with E-state index < -0.39 is 0 Å². The number of thiocarbonyl (C=S) groups is 1. The number of hydrogen-bond donors (Lipinski definition) is 1. The first-order valence-electron chi connectivity index (χ1n) is 4.85. The Balaban J connectivity index is 2.73. The van der Waals surface area contributed by atoms with Gasteiger partial charge in [0.05, 0.1) is 15.5 Å². The maximum Gasteiger partial charge on any atom is 0.137 e. The van der Waals surface area contributed by atoms with Gasteiger partial charge in [0, 0.05) is 6.54 Å². The van der Waals surface area contributed by atoms with Crippen molar-refractivity contribution in [2.24, 2.45) is 5.73 Å². The summed E-state index contributed by atoms with van der Waals surface area (Å²) >= 11 is 8.08. The standard InChI is InChI=1S/C11H14BrFN2S/c1-7(11(14)16)15(2)6-8-3-4-10(13)9(12)5-8/h3-5,7H,6H2,1-2H3,(H2,14,16). The summed E-state index contributed by atoms with van der Waals surface area (Å²) in [5.74, 6) is -0.256. The lowest BCUT2D eigenvalue weighted by Crippen LogP contribution is -2.38. The fourth-order valence-electron chi connectivity index (χ4n) is 1.28. The maximum absolute atomic E-state index is 13.0. The second-order valence-electron chi connectivity index (χ2n) is 3.74. The van der Waals surface area contributed by atoms with Crippen molar-refractivity contribution in [3.63, 3.8) is 0 Å². The second kappa shape index (κ2) is 5.70. The van der Waals surface area contributed by atoms with Gasteiger partial charge in [0.1, 0.15) is 5.82 Å². The predicted octanol–water partition coefficient (Wildman–Crippen LogP) is 2.69. The molecular formula is C11H14BrFN2S. The Hall–Kier alpha value is -0.520. The highest BCUT2D eigenvalue weighted by atomic mass is 79.9.